The van der Waals surface area contributed by atoms with Gasteiger partial charge in [-0.05, 0) is 43.5 Å². The highest BCUT2D eigenvalue weighted by Crippen LogP contribution is 2.29. The van der Waals surface area contributed by atoms with E-state index in [1.54, 1.807) is 14.2 Å². The molecular formula is C20H24N2O2. The number of anilines is 1. The molecule has 1 saturated heterocycles. The molecule has 0 spiro atoms. The molecule has 2 aromatic carbocycles. The van der Waals surface area contributed by atoms with Crippen LogP contribution < -0.4 is 14.4 Å². The van der Waals surface area contributed by atoms with Gasteiger partial charge in [0, 0.05) is 36.6 Å². The molecule has 0 radical (unpaired) electrons. The number of para-hydroxylation sites is 2. The van der Waals surface area contributed by atoms with Crippen LogP contribution in [-0.4, -0.2) is 33.5 Å². The number of hydrogen-bond acceptors (Lipinski definition) is 4. The number of hydrogen-bond donors (Lipinski definition) is 0. The second kappa shape index (κ2) is 7.86. The summed E-state index contributed by atoms with van der Waals surface area (Å²) in [4.78, 5) is 6.98. The molecule has 1 aliphatic rings. The van der Waals surface area contributed by atoms with Gasteiger partial charge in [0.1, 0.15) is 17.2 Å². The molecule has 2 aromatic rings. The fraction of sp³-hybridized carbons (Fsp3) is 0.350. The number of methoxy groups -OCH3 is 2. The molecule has 0 saturated carbocycles. The minimum atomic E-state index is 0.762. The Morgan fingerprint density at radius 2 is 1.67 bits per heavy atom. The summed E-state index contributed by atoms with van der Waals surface area (Å²) in [5.74, 6) is 1.61. The predicted molar refractivity (Wildman–Crippen MR) is 99.3 cm³/mol. The van der Waals surface area contributed by atoms with E-state index in [9.17, 15) is 0 Å². The fourth-order valence-corrected chi connectivity index (χ4v) is 3.03. The van der Waals surface area contributed by atoms with Crippen molar-refractivity contribution in [1.82, 2.24) is 0 Å². The van der Waals surface area contributed by atoms with Gasteiger partial charge in [0.25, 0.3) is 0 Å². The molecular weight excluding hydrogens is 300 g/mol. The zero-order valence-electron chi connectivity index (χ0n) is 14.4. The molecule has 0 unspecified atom stereocenters. The number of aliphatic imine (C=N–C) groups is 1. The fourth-order valence-electron chi connectivity index (χ4n) is 3.03. The van der Waals surface area contributed by atoms with Gasteiger partial charge in [-0.3, -0.25) is 4.99 Å². The largest absolute Gasteiger partial charge is 0.496 e. The summed E-state index contributed by atoms with van der Waals surface area (Å²) in [6.45, 7) is 2.25. The third kappa shape index (κ3) is 3.70. The highest BCUT2D eigenvalue weighted by molar-refractivity contribution is 5.87. The molecule has 0 bridgehead atoms. The van der Waals surface area contributed by atoms with E-state index >= 15 is 0 Å². The lowest BCUT2D eigenvalue weighted by Crippen LogP contribution is -2.29. The van der Waals surface area contributed by atoms with Gasteiger partial charge in [0.2, 0.25) is 0 Å². The topological polar surface area (TPSA) is 34.1 Å². The first-order valence-electron chi connectivity index (χ1n) is 8.42. The first kappa shape index (κ1) is 16.4. The Morgan fingerprint density at radius 3 is 2.42 bits per heavy atom. The maximum Gasteiger partial charge on any atom is 0.144 e. The van der Waals surface area contributed by atoms with Gasteiger partial charge in [0.05, 0.1) is 14.2 Å². The Kier molecular flexibility index (Phi) is 5.36. The van der Waals surface area contributed by atoms with Crippen LogP contribution in [0.4, 0.5) is 11.4 Å². The van der Waals surface area contributed by atoms with E-state index in [1.807, 2.05) is 30.5 Å². The Balaban J connectivity index is 1.84. The smallest absolute Gasteiger partial charge is 0.144 e. The van der Waals surface area contributed by atoms with Crippen molar-refractivity contribution in [3.05, 3.63) is 48.0 Å². The normalized spacial score (nSPS) is 14.8. The molecule has 1 heterocycles. The van der Waals surface area contributed by atoms with Crippen LogP contribution in [0.5, 0.6) is 11.5 Å². The molecule has 0 amide bonds. The van der Waals surface area contributed by atoms with Gasteiger partial charge >= 0.3 is 0 Å². The van der Waals surface area contributed by atoms with Crippen LogP contribution in [0.15, 0.2) is 47.5 Å². The van der Waals surface area contributed by atoms with E-state index in [2.05, 4.69) is 28.1 Å². The maximum atomic E-state index is 5.57. The van der Waals surface area contributed by atoms with Gasteiger partial charge in [-0.2, -0.15) is 0 Å². The predicted octanol–water partition coefficient (Wildman–Crippen LogP) is 4.44. The van der Waals surface area contributed by atoms with E-state index in [0.717, 1.165) is 35.8 Å². The Hall–Kier alpha value is -2.49. The average molecular weight is 324 g/mol. The summed E-state index contributed by atoms with van der Waals surface area (Å²) in [7, 11) is 3.36. The minimum absolute atomic E-state index is 0.762. The van der Waals surface area contributed by atoms with E-state index in [4.69, 9.17) is 9.47 Å². The van der Waals surface area contributed by atoms with Crippen molar-refractivity contribution in [3.63, 3.8) is 0 Å². The SMILES string of the molecule is COc1cc(N2CCCCC2)ccc1C=Nc1ccccc1OC. The van der Waals surface area contributed by atoms with Gasteiger partial charge in [-0.25, -0.2) is 0 Å². The number of piperidine rings is 1. The van der Waals surface area contributed by atoms with Crippen LogP contribution in [0.25, 0.3) is 0 Å². The second-order valence-electron chi connectivity index (χ2n) is 5.90. The second-order valence-corrected chi connectivity index (χ2v) is 5.90. The third-order valence-corrected chi connectivity index (χ3v) is 4.37. The van der Waals surface area contributed by atoms with Crippen molar-refractivity contribution < 1.29 is 9.47 Å². The highest BCUT2D eigenvalue weighted by atomic mass is 16.5. The lowest BCUT2D eigenvalue weighted by molar-refractivity contribution is 0.413. The molecule has 0 N–H and O–H groups in total. The molecule has 1 fully saturated rings. The molecule has 4 nitrogen and oxygen atoms in total. The molecule has 126 valence electrons. The van der Waals surface area contributed by atoms with Crippen molar-refractivity contribution >= 4 is 17.6 Å². The summed E-state index contributed by atoms with van der Waals surface area (Å²) in [6.07, 6.45) is 5.69. The van der Waals surface area contributed by atoms with Crippen molar-refractivity contribution in [1.29, 1.82) is 0 Å². The van der Waals surface area contributed by atoms with Crippen LogP contribution in [0, 0.1) is 0 Å². The number of ether oxygens (including phenoxy) is 2. The molecule has 1 aliphatic heterocycles. The molecule has 24 heavy (non-hydrogen) atoms. The molecule has 3 rings (SSSR count). The Morgan fingerprint density at radius 1 is 0.917 bits per heavy atom. The monoisotopic (exact) mass is 324 g/mol. The van der Waals surface area contributed by atoms with Crippen molar-refractivity contribution in [3.8, 4) is 11.5 Å². The minimum Gasteiger partial charge on any atom is -0.496 e. The average Bonchev–Trinajstić information content (AvgIpc) is 2.67. The van der Waals surface area contributed by atoms with E-state index < -0.39 is 0 Å². The Labute approximate surface area is 143 Å². The molecule has 0 aliphatic carbocycles. The molecule has 0 aromatic heterocycles. The summed E-state index contributed by atoms with van der Waals surface area (Å²) < 4.78 is 10.9. The standard InChI is InChI=1S/C20H24N2O2/c1-23-19-9-5-4-8-18(19)21-15-16-10-11-17(14-20(16)24-2)22-12-6-3-7-13-22/h4-5,8-11,14-15H,3,6-7,12-13H2,1-2H3. The van der Waals surface area contributed by atoms with Crippen molar-refractivity contribution in [2.75, 3.05) is 32.2 Å². The first-order valence-corrected chi connectivity index (χ1v) is 8.42. The van der Waals surface area contributed by atoms with Gasteiger partial charge in [-0.1, -0.05) is 12.1 Å². The zero-order valence-corrected chi connectivity index (χ0v) is 14.4. The lowest BCUT2D eigenvalue weighted by Gasteiger charge is -2.29. The number of rotatable bonds is 5. The quantitative estimate of drug-likeness (QED) is 0.762. The van der Waals surface area contributed by atoms with Crippen molar-refractivity contribution in [2.24, 2.45) is 4.99 Å². The van der Waals surface area contributed by atoms with Gasteiger partial charge in [0.15, 0.2) is 0 Å². The number of nitrogens with zero attached hydrogens (tertiary/aromatic N) is 2. The molecule has 0 atom stereocenters. The number of benzene rings is 2. The third-order valence-electron chi connectivity index (χ3n) is 4.37. The summed E-state index contributed by atoms with van der Waals surface area (Å²) in [6, 6.07) is 14.1. The summed E-state index contributed by atoms with van der Waals surface area (Å²) in [5.41, 5.74) is 2.99. The van der Waals surface area contributed by atoms with Crippen LogP contribution in [-0.2, 0) is 0 Å². The zero-order chi connectivity index (χ0) is 16.8. The summed E-state index contributed by atoms with van der Waals surface area (Å²) >= 11 is 0. The van der Waals surface area contributed by atoms with Crippen LogP contribution in [0.3, 0.4) is 0 Å². The molecule has 4 heteroatoms. The first-order chi connectivity index (χ1) is 11.8. The summed E-state index contributed by atoms with van der Waals surface area (Å²) in [5, 5.41) is 0. The van der Waals surface area contributed by atoms with E-state index in [1.165, 1.54) is 24.9 Å². The van der Waals surface area contributed by atoms with E-state index in [0.29, 0.717) is 0 Å². The van der Waals surface area contributed by atoms with E-state index in [-0.39, 0.29) is 0 Å². The van der Waals surface area contributed by atoms with Crippen LogP contribution in [0.1, 0.15) is 24.8 Å². The van der Waals surface area contributed by atoms with Crippen molar-refractivity contribution in [2.45, 2.75) is 19.3 Å². The maximum absolute atomic E-state index is 5.57. The van der Waals surface area contributed by atoms with Crippen LogP contribution >= 0.6 is 0 Å². The van der Waals surface area contributed by atoms with Crippen LogP contribution in [0.2, 0.25) is 0 Å². The lowest BCUT2D eigenvalue weighted by atomic mass is 10.1. The highest BCUT2D eigenvalue weighted by Gasteiger charge is 2.12. The van der Waals surface area contributed by atoms with Gasteiger partial charge < -0.3 is 14.4 Å². The Bertz CT molecular complexity index is 707. The van der Waals surface area contributed by atoms with Gasteiger partial charge in [-0.15, -0.1) is 0 Å².